The van der Waals surface area contributed by atoms with E-state index >= 15 is 0 Å². The monoisotopic (exact) mass is 308 g/mol. The summed E-state index contributed by atoms with van der Waals surface area (Å²) in [6, 6.07) is 4.51. The highest BCUT2D eigenvalue weighted by atomic mass is 32.1. The first-order chi connectivity index (χ1) is 9.85. The van der Waals surface area contributed by atoms with Crippen molar-refractivity contribution in [3.05, 3.63) is 33.5 Å². The first-order valence-corrected chi connectivity index (χ1v) is 8.64. The predicted molar refractivity (Wildman–Crippen MR) is 86.7 cm³/mol. The lowest BCUT2D eigenvalue weighted by Crippen LogP contribution is -2.45. The minimum atomic E-state index is 0.975. The molecule has 2 aromatic heterocycles. The molecule has 1 saturated heterocycles. The van der Waals surface area contributed by atoms with Gasteiger partial charge in [-0.25, -0.2) is 4.98 Å². The number of thiophene rings is 1. The molecular formula is C14H20N4S2. The van der Waals surface area contributed by atoms with Crippen molar-refractivity contribution in [1.29, 1.82) is 0 Å². The van der Waals surface area contributed by atoms with Gasteiger partial charge in [-0.2, -0.15) is 0 Å². The molecule has 0 aliphatic carbocycles. The summed E-state index contributed by atoms with van der Waals surface area (Å²) in [6.07, 6.45) is 1.89. The van der Waals surface area contributed by atoms with Gasteiger partial charge in [0.05, 0.1) is 0 Å². The Morgan fingerprint density at radius 2 is 2.00 bits per heavy atom. The number of rotatable bonds is 5. The predicted octanol–water partition coefficient (Wildman–Crippen LogP) is 2.25. The molecule has 1 aliphatic rings. The van der Waals surface area contributed by atoms with E-state index in [1.54, 1.807) is 11.3 Å². The Labute approximate surface area is 128 Å². The van der Waals surface area contributed by atoms with Gasteiger partial charge < -0.3 is 10.2 Å². The number of thiazole rings is 1. The van der Waals surface area contributed by atoms with Crippen molar-refractivity contribution >= 4 is 27.8 Å². The number of piperazine rings is 1. The maximum Gasteiger partial charge on any atom is 0.185 e. The van der Waals surface area contributed by atoms with Crippen LogP contribution in [-0.4, -0.2) is 43.1 Å². The Bertz CT molecular complexity index is 515. The summed E-state index contributed by atoms with van der Waals surface area (Å²) in [5.74, 6) is 0. The van der Waals surface area contributed by atoms with E-state index in [4.69, 9.17) is 0 Å². The molecule has 1 N–H and O–H groups in total. The first kappa shape index (κ1) is 14.0. The van der Waals surface area contributed by atoms with Crippen LogP contribution in [0.3, 0.4) is 0 Å². The van der Waals surface area contributed by atoms with Crippen molar-refractivity contribution in [2.45, 2.75) is 13.1 Å². The summed E-state index contributed by atoms with van der Waals surface area (Å²) in [7, 11) is 2.00. The molecule has 0 radical (unpaired) electrons. The smallest absolute Gasteiger partial charge is 0.185 e. The van der Waals surface area contributed by atoms with E-state index in [-0.39, 0.29) is 0 Å². The van der Waals surface area contributed by atoms with Crippen LogP contribution in [0.2, 0.25) is 0 Å². The molecule has 108 valence electrons. The van der Waals surface area contributed by atoms with Crippen LogP contribution < -0.4 is 10.2 Å². The molecule has 1 aliphatic heterocycles. The lowest BCUT2D eigenvalue weighted by atomic mass is 10.3. The number of hydrogen-bond acceptors (Lipinski definition) is 6. The summed E-state index contributed by atoms with van der Waals surface area (Å²) in [5, 5.41) is 6.42. The maximum absolute atomic E-state index is 4.39. The van der Waals surface area contributed by atoms with Crippen LogP contribution in [0.5, 0.6) is 0 Å². The molecule has 0 atom stereocenters. The Morgan fingerprint density at radius 3 is 2.70 bits per heavy atom. The van der Waals surface area contributed by atoms with Gasteiger partial charge in [-0.3, -0.25) is 4.90 Å². The van der Waals surface area contributed by atoms with Gasteiger partial charge in [0.15, 0.2) is 5.13 Å². The Balaban J connectivity index is 1.50. The Hall–Kier alpha value is -0.950. The average Bonchev–Trinajstić information content (AvgIpc) is 3.12. The Kier molecular flexibility index (Phi) is 4.67. The lowest BCUT2D eigenvalue weighted by Gasteiger charge is -2.34. The molecule has 1 fully saturated rings. The van der Waals surface area contributed by atoms with Crippen LogP contribution in [0.15, 0.2) is 23.7 Å². The highest BCUT2D eigenvalue weighted by Gasteiger charge is 2.19. The van der Waals surface area contributed by atoms with Gasteiger partial charge in [-0.05, 0) is 19.2 Å². The second-order valence-electron chi connectivity index (χ2n) is 4.98. The van der Waals surface area contributed by atoms with Gasteiger partial charge in [0.25, 0.3) is 0 Å². The number of anilines is 1. The fraction of sp³-hybridized carbons (Fsp3) is 0.500. The van der Waals surface area contributed by atoms with E-state index in [0.717, 1.165) is 44.4 Å². The molecule has 0 spiro atoms. The minimum Gasteiger partial charge on any atom is -0.346 e. The number of nitrogens with one attached hydrogen (secondary N) is 1. The number of nitrogens with zero attached hydrogens (tertiary/aromatic N) is 3. The van der Waals surface area contributed by atoms with Gasteiger partial charge in [-0.15, -0.1) is 22.7 Å². The standard InChI is InChI=1S/C14H20N4S2/c1-15-10-12-2-3-13(20-12)11-17-5-7-18(8-6-17)14-16-4-9-19-14/h2-4,9,15H,5-8,10-11H2,1H3. The highest BCUT2D eigenvalue weighted by Crippen LogP contribution is 2.22. The van der Waals surface area contributed by atoms with Crippen LogP contribution in [0.4, 0.5) is 5.13 Å². The minimum absolute atomic E-state index is 0.975. The zero-order valence-corrected chi connectivity index (χ0v) is 13.3. The fourth-order valence-electron chi connectivity index (χ4n) is 2.47. The third-order valence-electron chi connectivity index (χ3n) is 3.51. The topological polar surface area (TPSA) is 31.4 Å². The van der Waals surface area contributed by atoms with Gasteiger partial charge in [-0.1, -0.05) is 0 Å². The van der Waals surface area contributed by atoms with Crippen molar-refractivity contribution in [2.75, 3.05) is 38.1 Å². The summed E-state index contributed by atoms with van der Waals surface area (Å²) in [5.41, 5.74) is 0. The van der Waals surface area contributed by atoms with Crippen LogP contribution in [-0.2, 0) is 13.1 Å². The molecule has 3 heterocycles. The second kappa shape index (κ2) is 6.67. The van der Waals surface area contributed by atoms with E-state index in [2.05, 4.69) is 37.6 Å². The zero-order valence-electron chi connectivity index (χ0n) is 11.7. The summed E-state index contributed by atoms with van der Waals surface area (Å²) >= 11 is 3.66. The van der Waals surface area contributed by atoms with Crippen LogP contribution >= 0.6 is 22.7 Å². The Morgan fingerprint density at radius 1 is 1.20 bits per heavy atom. The van der Waals surface area contributed by atoms with Crippen LogP contribution in [0, 0.1) is 0 Å². The van der Waals surface area contributed by atoms with Crippen molar-refractivity contribution in [1.82, 2.24) is 15.2 Å². The first-order valence-electron chi connectivity index (χ1n) is 6.94. The van der Waals surface area contributed by atoms with E-state index in [9.17, 15) is 0 Å². The fourth-order valence-corrected chi connectivity index (χ4v) is 4.24. The second-order valence-corrected chi connectivity index (χ2v) is 7.10. The molecule has 0 aromatic carbocycles. The van der Waals surface area contributed by atoms with Gasteiger partial charge >= 0.3 is 0 Å². The average molecular weight is 308 g/mol. The van der Waals surface area contributed by atoms with Crippen molar-refractivity contribution in [2.24, 2.45) is 0 Å². The highest BCUT2D eigenvalue weighted by molar-refractivity contribution is 7.13. The number of hydrogen-bond donors (Lipinski definition) is 1. The normalized spacial score (nSPS) is 16.8. The quantitative estimate of drug-likeness (QED) is 0.918. The molecule has 2 aromatic rings. The molecule has 0 amide bonds. The summed E-state index contributed by atoms with van der Waals surface area (Å²) in [6.45, 7) is 6.48. The van der Waals surface area contributed by atoms with Crippen LogP contribution in [0.1, 0.15) is 9.75 Å². The maximum atomic E-state index is 4.39. The van der Waals surface area contributed by atoms with Crippen molar-refractivity contribution in [3.8, 4) is 0 Å². The van der Waals surface area contributed by atoms with Gasteiger partial charge in [0.2, 0.25) is 0 Å². The molecule has 3 rings (SSSR count). The van der Waals surface area contributed by atoms with Gasteiger partial charge in [0, 0.05) is 60.6 Å². The molecule has 0 unspecified atom stereocenters. The SMILES string of the molecule is CNCc1ccc(CN2CCN(c3nccs3)CC2)s1. The third-order valence-corrected chi connectivity index (χ3v) is 5.41. The van der Waals surface area contributed by atoms with E-state index in [1.807, 2.05) is 24.6 Å². The molecule has 0 bridgehead atoms. The van der Waals surface area contributed by atoms with Crippen molar-refractivity contribution in [3.63, 3.8) is 0 Å². The number of aromatic nitrogens is 1. The molecular weight excluding hydrogens is 288 g/mol. The van der Waals surface area contributed by atoms with Crippen molar-refractivity contribution < 1.29 is 0 Å². The van der Waals surface area contributed by atoms with E-state index < -0.39 is 0 Å². The molecule has 20 heavy (non-hydrogen) atoms. The van der Waals surface area contributed by atoms with Gasteiger partial charge in [0.1, 0.15) is 0 Å². The largest absolute Gasteiger partial charge is 0.346 e. The molecule has 0 saturated carbocycles. The lowest BCUT2D eigenvalue weighted by molar-refractivity contribution is 0.252. The van der Waals surface area contributed by atoms with E-state index in [1.165, 1.54) is 9.75 Å². The third kappa shape index (κ3) is 3.38. The van der Waals surface area contributed by atoms with E-state index in [0.29, 0.717) is 0 Å². The molecule has 4 nitrogen and oxygen atoms in total. The zero-order chi connectivity index (χ0) is 13.8. The summed E-state index contributed by atoms with van der Waals surface area (Å²) < 4.78 is 0. The summed E-state index contributed by atoms with van der Waals surface area (Å²) in [4.78, 5) is 12.2. The molecule has 6 heteroatoms. The van der Waals surface area contributed by atoms with Crippen LogP contribution in [0.25, 0.3) is 0 Å².